The van der Waals surface area contributed by atoms with Gasteiger partial charge in [0.25, 0.3) is 0 Å². The second kappa shape index (κ2) is 7.44. The third-order valence-corrected chi connectivity index (χ3v) is 4.73. The van der Waals surface area contributed by atoms with Gasteiger partial charge in [-0.05, 0) is 59.7 Å². The summed E-state index contributed by atoms with van der Waals surface area (Å²) in [6.45, 7) is 1.26. The molecule has 0 radical (unpaired) electrons. The number of urea groups is 1. The monoisotopic (exact) mass is 346 g/mol. The predicted octanol–water partition coefficient (Wildman–Crippen LogP) is 3.74. The van der Waals surface area contributed by atoms with Crippen molar-refractivity contribution in [3.05, 3.63) is 83.2 Å². The van der Waals surface area contributed by atoms with Crippen LogP contribution in [0.3, 0.4) is 0 Å². The van der Waals surface area contributed by atoms with E-state index in [9.17, 15) is 4.79 Å². The molecule has 0 fully saturated rings. The van der Waals surface area contributed by atoms with Crippen LogP contribution in [-0.4, -0.2) is 15.8 Å². The normalized spacial score (nSPS) is 12.6. The lowest BCUT2D eigenvalue weighted by molar-refractivity contribution is 0.251. The molecule has 0 saturated heterocycles. The first-order valence-corrected chi connectivity index (χ1v) is 8.98. The second-order valence-electron chi connectivity index (χ2n) is 6.66. The molecule has 132 valence electrons. The van der Waals surface area contributed by atoms with E-state index in [0.717, 1.165) is 29.8 Å². The fourth-order valence-corrected chi connectivity index (χ4v) is 3.37. The summed E-state index contributed by atoms with van der Waals surface area (Å²) in [5.74, 6) is 0. The number of rotatable bonds is 5. The van der Waals surface area contributed by atoms with Crippen molar-refractivity contribution in [3.8, 4) is 0 Å². The van der Waals surface area contributed by atoms with Gasteiger partial charge in [-0.25, -0.2) is 4.79 Å². The number of anilines is 1. The molecular weight excluding hydrogens is 324 g/mol. The minimum absolute atomic E-state index is 0.190. The Labute approximate surface area is 153 Å². The van der Waals surface area contributed by atoms with E-state index in [4.69, 9.17) is 0 Å². The van der Waals surface area contributed by atoms with Crippen molar-refractivity contribution < 1.29 is 4.79 Å². The zero-order valence-corrected chi connectivity index (χ0v) is 14.6. The standard InChI is InChI=1S/C21H22N4O/c26-21(22-14-17-5-8-18-3-1-4-19(18)13-17)24-20-9-6-16(7-10-20)15-25-12-2-11-23-25/h2,5-13H,1,3-4,14-15H2,(H2,22,24,26). The first-order chi connectivity index (χ1) is 12.8. The Balaban J connectivity index is 1.29. The van der Waals surface area contributed by atoms with E-state index in [2.05, 4.69) is 33.9 Å². The molecule has 1 heterocycles. The third-order valence-electron chi connectivity index (χ3n) is 4.73. The van der Waals surface area contributed by atoms with Crippen LogP contribution in [0, 0.1) is 0 Å². The van der Waals surface area contributed by atoms with Crippen LogP contribution in [0.1, 0.15) is 28.7 Å². The highest BCUT2D eigenvalue weighted by atomic mass is 16.2. The van der Waals surface area contributed by atoms with Crippen LogP contribution in [0.25, 0.3) is 0 Å². The van der Waals surface area contributed by atoms with Crippen molar-refractivity contribution >= 4 is 11.7 Å². The van der Waals surface area contributed by atoms with Gasteiger partial charge in [0.15, 0.2) is 0 Å². The van der Waals surface area contributed by atoms with Crippen LogP contribution < -0.4 is 10.6 Å². The largest absolute Gasteiger partial charge is 0.334 e. The number of carbonyl (C=O) groups is 1. The summed E-state index contributed by atoms with van der Waals surface area (Å²) in [6, 6.07) is 16.0. The Bertz CT molecular complexity index is 885. The van der Waals surface area contributed by atoms with Crippen molar-refractivity contribution in [2.45, 2.75) is 32.4 Å². The van der Waals surface area contributed by atoms with E-state index < -0.39 is 0 Å². The molecule has 4 rings (SSSR count). The molecule has 0 unspecified atom stereocenters. The molecule has 1 aliphatic rings. The molecule has 0 bridgehead atoms. The number of aryl methyl sites for hydroxylation is 2. The molecule has 3 aromatic rings. The quantitative estimate of drug-likeness (QED) is 0.739. The highest BCUT2D eigenvalue weighted by molar-refractivity contribution is 5.89. The molecule has 26 heavy (non-hydrogen) atoms. The lowest BCUT2D eigenvalue weighted by Gasteiger charge is -2.10. The first-order valence-electron chi connectivity index (χ1n) is 8.98. The van der Waals surface area contributed by atoms with E-state index in [1.165, 1.54) is 24.0 Å². The van der Waals surface area contributed by atoms with Gasteiger partial charge in [-0.15, -0.1) is 0 Å². The minimum Gasteiger partial charge on any atom is -0.334 e. The van der Waals surface area contributed by atoms with Gasteiger partial charge in [0, 0.05) is 24.6 Å². The molecule has 2 N–H and O–H groups in total. The van der Waals surface area contributed by atoms with Crippen molar-refractivity contribution in [1.29, 1.82) is 0 Å². The molecule has 2 amide bonds. The Morgan fingerprint density at radius 3 is 2.65 bits per heavy atom. The third kappa shape index (κ3) is 3.94. The van der Waals surface area contributed by atoms with Gasteiger partial charge < -0.3 is 10.6 Å². The number of nitrogens with zero attached hydrogens (tertiary/aromatic N) is 2. The maximum absolute atomic E-state index is 12.1. The molecule has 0 spiro atoms. The number of aromatic nitrogens is 2. The zero-order chi connectivity index (χ0) is 17.8. The van der Waals surface area contributed by atoms with E-state index >= 15 is 0 Å². The van der Waals surface area contributed by atoms with Crippen molar-refractivity contribution in [2.75, 3.05) is 5.32 Å². The SMILES string of the molecule is O=C(NCc1ccc2c(c1)CCC2)Nc1ccc(Cn2cccn2)cc1. The minimum atomic E-state index is -0.190. The molecule has 0 aliphatic heterocycles. The maximum Gasteiger partial charge on any atom is 0.319 e. The molecule has 1 aromatic heterocycles. The van der Waals surface area contributed by atoms with Gasteiger partial charge in [0.2, 0.25) is 0 Å². The van der Waals surface area contributed by atoms with Crippen LogP contribution in [0.5, 0.6) is 0 Å². The van der Waals surface area contributed by atoms with Gasteiger partial charge in [0.05, 0.1) is 6.54 Å². The lowest BCUT2D eigenvalue weighted by atomic mass is 10.1. The molecule has 0 atom stereocenters. The summed E-state index contributed by atoms with van der Waals surface area (Å²) in [5, 5.41) is 10.00. The Morgan fingerprint density at radius 2 is 1.85 bits per heavy atom. The van der Waals surface area contributed by atoms with Crippen LogP contribution in [0.15, 0.2) is 60.9 Å². The fourth-order valence-electron chi connectivity index (χ4n) is 3.37. The summed E-state index contributed by atoms with van der Waals surface area (Å²) in [6.07, 6.45) is 7.27. The summed E-state index contributed by atoms with van der Waals surface area (Å²) < 4.78 is 1.87. The van der Waals surface area contributed by atoms with Gasteiger partial charge in [0.1, 0.15) is 0 Å². The number of nitrogens with one attached hydrogen (secondary N) is 2. The average molecular weight is 346 g/mol. The van der Waals surface area contributed by atoms with Gasteiger partial charge in [-0.1, -0.05) is 30.3 Å². The molecule has 5 heteroatoms. The Morgan fingerprint density at radius 1 is 1.04 bits per heavy atom. The van der Waals surface area contributed by atoms with Gasteiger partial charge in [-0.3, -0.25) is 4.68 Å². The summed E-state index contributed by atoms with van der Waals surface area (Å²) in [4.78, 5) is 12.1. The lowest BCUT2D eigenvalue weighted by Crippen LogP contribution is -2.28. The van der Waals surface area contributed by atoms with E-state index in [-0.39, 0.29) is 6.03 Å². The number of carbonyl (C=O) groups excluding carboxylic acids is 1. The number of fused-ring (bicyclic) bond motifs is 1. The highest BCUT2D eigenvalue weighted by Gasteiger charge is 2.11. The topological polar surface area (TPSA) is 59.0 Å². The van der Waals surface area contributed by atoms with Crippen molar-refractivity contribution in [3.63, 3.8) is 0 Å². The predicted molar refractivity (Wildman–Crippen MR) is 102 cm³/mol. The molecule has 1 aliphatic carbocycles. The maximum atomic E-state index is 12.1. The van der Waals surface area contributed by atoms with Crippen LogP contribution in [-0.2, 0) is 25.9 Å². The summed E-state index contributed by atoms with van der Waals surface area (Å²) >= 11 is 0. The molecule has 0 saturated carbocycles. The van der Waals surface area contributed by atoms with E-state index in [1.54, 1.807) is 6.20 Å². The van der Waals surface area contributed by atoms with Gasteiger partial charge >= 0.3 is 6.03 Å². The summed E-state index contributed by atoms with van der Waals surface area (Å²) in [5.41, 5.74) is 5.94. The molecule has 5 nitrogen and oxygen atoms in total. The number of benzene rings is 2. The van der Waals surface area contributed by atoms with Gasteiger partial charge in [-0.2, -0.15) is 5.10 Å². The fraction of sp³-hybridized carbons (Fsp3) is 0.238. The van der Waals surface area contributed by atoms with Crippen LogP contribution in [0.4, 0.5) is 10.5 Å². The average Bonchev–Trinajstić information content (AvgIpc) is 3.33. The number of hydrogen-bond donors (Lipinski definition) is 2. The smallest absolute Gasteiger partial charge is 0.319 e. The number of hydrogen-bond acceptors (Lipinski definition) is 2. The van der Waals surface area contributed by atoms with Crippen LogP contribution >= 0.6 is 0 Å². The molecular formula is C21H22N4O. The van der Waals surface area contributed by atoms with E-state index in [0.29, 0.717) is 6.54 Å². The highest BCUT2D eigenvalue weighted by Crippen LogP contribution is 2.22. The van der Waals surface area contributed by atoms with Crippen molar-refractivity contribution in [1.82, 2.24) is 15.1 Å². The Kier molecular flexibility index (Phi) is 4.69. The zero-order valence-electron chi connectivity index (χ0n) is 14.6. The summed E-state index contributed by atoms with van der Waals surface area (Å²) in [7, 11) is 0. The Hall–Kier alpha value is -3.08. The number of amides is 2. The second-order valence-corrected chi connectivity index (χ2v) is 6.66. The van der Waals surface area contributed by atoms with Crippen molar-refractivity contribution in [2.24, 2.45) is 0 Å². The van der Waals surface area contributed by atoms with Crippen LogP contribution in [0.2, 0.25) is 0 Å². The van der Waals surface area contributed by atoms with E-state index in [1.807, 2.05) is 41.2 Å². The first kappa shape index (κ1) is 16.4. The molecule has 2 aromatic carbocycles.